The van der Waals surface area contributed by atoms with Crippen molar-refractivity contribution in [1.82, 2.24) is 0 Å². The molecule has 0 saturated carbocycles. The maximum Gasteiger partial charge on any atom is 0.232 e. The number of carbonyl (C=O) groups is 1. The molecule has 0 spiro atoms. The van der Waals surface area contributed by atoms with Gasteiger partial charge in [0.25, 0.3) is 0 Å². The van der Waals surface area contributed by atoms with Crippen LogP contribution >= 0.6 is 0 Å². The monoisotopic (exact) mass is 209 g/mol. The summed E-state index contributed by atoms with van der Waals surface area (Å²) in [4.78, 5) is 15.7. The zero-order valence-electron chi connectivity index (χ0n) is 8.86. The van der Waals surface area contributed by atoms with Gasteiger partial charge in [0, 0.05) is 5.69 Å². The van der Waals surface area contributed by atoms with Gasteiger partial charge in [-0.25, -0.2) is 4.89 Å². The van der Waals surface area contributed by atoms with Crippen LogP contribution in [0.4, 0.5) is 5.69 Å². The molecular formula is C11H15NO3. The Kier molecular flexibility index (Phi) is 3.82. The average Bonchev–Trinajstić information content (AvgIpc) is 2.19. The Hall–Kier alpha value is -1.39. The summed E-state index contributed by atoms with van der Waals surface area (Å²) >= 11 is 0. The molecule has 0 bridgehead atoms. The van der Waals surface area contributed by atoms with Crippen molar-refractivity contribution in [1.29, 1.82) is 0 Å². The maximum atomic E-state index is 11.7. The van der Waals surface area contributed by atoms with Crippen molar-refractivity contribution in [2.75, 3.05) is 11.9 Å². The van der Waals surface area contributed by atoms with Gasteiger partial charge in [0.2, 0.25) is 5.91 Å². The minimum absolute atomic E-state index is 0.0360. The summed E-state index contributed by atoms with van der Waals surface area (Å²) in [6.07, 6.45) is 0. The topological polar surface area (TPSA) is 58.6 Å². The van der Waals surface area contributed by atoms with Crippen LogP contribution in [0.5, 0.6) is 0 Å². The van der Waals surface area contributed by atoms with Crippen LogP contribution in [-0.2, 0) is 9.68 Å². The highest BCUT2D eigenvalue weighted by Crippen LogP contribution is 2.18. The normalized spacial score (nSPS) is 11.1. The number of hydrogen-bond acceptors (Lipinski definition) is 3. The van der Waals surface area contributed by atoms with Gasteiger partial charge < -0.3 is 5.32 Å². The molecule has 0 atom stereocenters. The molecule has 82 valence electrons. The van der Waals surface area contributed by atoms with E-state index in [1.807, 2.05) is 18.2 Å². The molecule has 0 radical (unpaired) electrons. The molecule has 0 fully saturated rings. The van der Waals surface area contributed by atoms with Crippen molar-refractivity contribution < 1.29 is 14.9 Å². The molecule has 4 nitrogen and oxygen atoms in total. The van der Waals surface area contributed by atoms with Gasteiger partial charge in [0.1, 0.15) is 0 Å². The second-order valence-corrected chi connectivity index (χ2v) is 3.98. The first-order valence-electron chi connectivity index (χ1n) is 4.69. The van der Waals surface area contributed by atoms with E-state index < -0.39 is 5.41 Å². The van der Waals surface area contributed by atoms with E-state index in [9.17, 15) is 4.79 Å². The average molecular weight is 209 g/mol. The van der Waals surface area contributed by atoms with Crippen molar-refractivity contribution in [2.24, 2.45) is 5.41 Å². The number of benzene rings is 1. The van der Waals surface area contributed by atoms with E-state index in [1.54, 1.807) is 26.0 Å². The number of para-hydroxylation sites is 1. The number of anilines is 1. The highest BCUT2D eigenvalue weighted by atomic mass is 17.1. The van der Waals surface area contributed by atoms with Gasteiger partial charge in [-0.3, -0.25) is 10.1 Å². The summed E-state index contributed by atoms with van der Waals surface area (Å²) in [6, 6.07) is 9.15. The Bertz CT molecular complexity index is 322. The Morgan fingerprint density at radius 2 is 2.00 bits per heavy atom. The molecule has 0 aliphatic carbocycles. The molecule has 0 saturated heterocycles. The van der Waals surface area contributed by atoms with Crippen LogP contribution in [0.2, 0.25) is 0 Å². The SMILES string of the molecule is CC(C)(COO)C(=O)Nc1ccccc1. The van der Waals surface area contributed by atoms with Gasteiger partial charge in [-0.2, -0.15) is 0 Å². The Morgan fingerprint density at radius 3 is 2.53 bits per heavy atom. The maximum absolute atomic E-state index is 11.7. The summed E-state index contributed by atoms with van der Waals surface area (Å²) in [7, 11) is 0. The molecule has 1 rings (SSSR count). The van der Waals surface area contributed by atoms with E-state index in [0.29, 0.717) is 0 Å². The number of carbonyl (C=O) groups excluding carboxylic acids is 1. The van der Waals surface area contributed by atoms with Crippen molar-refractivity contribution >= 4 is 11.6 Å². The molecule has 15 heavy (non-hydrogen) atoms. The molecule has 0 heterocycles. The van der Waals surface area contributed by atoms with Crippen LogP contribution in [0.1, 0.15) is 13.8 Å². The first kappa shape index (κ1) is 11.7. The van der Waals surface area contributed by atoms with Gasteiger partial charge in [0.05, 0.1) is 12.0 Å². The van der Waals surface area contributed by atoms with E-state index in [4.69, 9.17) is 5.26 Å². The summed E-state index contributed by atoms with van der Waals surface area (Å²) in [5.74, 6) is -0.192. The van der Waals surface area contributed by atoms with Crippen LogP contribution in [0.25, 0.3) is 0 Å². The third kappa shape index (κ3) is 3.34. The van der Waals surface area contributed by atoms with Crippen molar-refractivity contribution in [3.63, 3.8) is 0 Å². The van der Waals surface area contributed by atoms with Gasteiger partial charge in [-0.1, -0.05) is 18.2 Å². The number of amides is 1. The molecule has 0 aliphatic rings. The third-order valence-corrected chi connectivity index (χ3v) is 2.07. The smallest absolute Gasteiger partial charge is 0.232 e. The number of hydrogen-bond donors (Lipinski definition) is 2. The zero-order chi connectivity index (χ0) is 11.3. The van der Waals surface area contributed by atoms with Gasteiger partial charge in [-0.05, 0) is 26.0 Å². The van der Waals surface area contributed by atoms with E-state index >= 15 is 0 Å². The lowest BCUT2D eigenvalue weighted by Crippen LogP contribution is -2.34. The zero-order valence-corrected chi connectivity index (χ0v) is 8.86. The van der Waals surface area contributed by atoms with E-state index in [-0.39, 0.29) is 12.5 Å². The first-order valence-corrected chi connectivity index (χ1v) is 4.69. The number of nitrogens with one attached hydrogen (secondary N) is 1. The van der Waals surface area contributed by atoms with E-state index in [1.165, 1.54) is 0 Å². The van der Waals surface area contributed by atoms with Gasteiger partial charge in [0.15, 0.2) is 0 Å². The molecule has 4 heteroatoms. The molecule has 1 amide bonds. The molecular weight excluding hydrogens is 194 g/mol. The lowest BCUT2D eigenvalue weighted by Gasteiger charge is -2.21. The third-order valence-electron chi connectivity index (χ3n) is 2.07. The highest BCUT2D eigenvalue weighted by molar-refractivity contribution is 5.94. The summed E-state index contributed by atoms with van der Waals surface area (Å²) in [5, 5.41) is 11.1. The highest BCUT2D eigenvalue weighted by Gasteiger charge is 2.28. The lowest BCUT2D eigenvalue weighted by atomic mass is 9.93. The van der Waals surface area contributed by atoms with Crippen molar-refractivity contribution in [3.05, 3.63) is 30.3 Å². The molecule has 2 N–H and O–H groups in total. The lowest BCUT2D eigenvalue weighted by molar-refractivity contribution is -0.257. The fraction of sp³-hybridized carbons (Fsp3) is 0.364. The van der Waals surface area contributed by atoms with E-state index in [2.05, 4.69) is 10.2 Å². The van der Waals surface area contributed by atoms with Gasteiger partial charge >= 0.3 is 0 Å². The Balaban J connectivity index is 2.63. The number of rotatable bonds is 4. The predicted molar refractivity (Wildman–Crippen MR) is 57.4 cm³/mol. The summed E-state index contributed by atoms with van der Waals surface area (Å²) in [5.41, 5.74) is -0.0292. The summed E-state index contributed by atoms with van der Waals surface area (Å²) in [6.45, 7) is 3.36. The Morgan fingerprint density at radius 1 is 1.40 bits per heavy atom. The van der Waals surface area contributed by atoms with Crippen LogP contribution in [0.15, 0.2) is 30.3 Å². The largest absolute Gasteiger partial charge is 0.326 e. The Labute approximate surface area is 88.8 Å². The van der Waals surface area contributed by atoms with Crippen molar-refractivity contribution in [2.45, 2.75) is 13.8 Å². The van der Waals surface area contributed by atoms with Crippen molar-refractivity contribution in [3.8, 4) is 0 Å². The van der Waals surface area contributed by atoms with Crippen LogP contribution in [0.3, 0.4) is 0 Å². The summed E-state index contributed by atoms with van der Waals surface area (Å²) < 4.78 is 0. The van der Waals surface area contributed by atoms with Crippen LogP contribution in [0, 0.1) is 5.41 Å². The van der Waals surface area contributed by atoms with Gasteiger partial charge in [-0.15, -0.1) is 0 Å². The minimum atomic E-state index is -0.759. The molecule has 1 aromatic rings. The molecule has 0 unspecified atom stereocenters. The standard InChI is InChI=1S/C11H15NO3/c1-11(2,8-15-14)10(13)12-9-6-4-3-5-7-9/h3-7,14H,8H2,1-2H3,(H,12,13). The minimum Gasteiger partial charge on any atom is -0.326 e. The molecule has 0 aliphatic heterocycles. The second-order valence-electron chi connectivity index (χ2n) is 3.98. The van der Waals surface area contributed by atoms with Crippen LogP contribution < -0.4 is 5.32 Å². The first-order chi connectivity index (χ1) is 7.06. The van der Waals surface area contributed by atoms with Crippen LogP contribution in [-0.4, -0.2) is 17.8 Å². The fourth-order valence-electron chi connectivity index (χ4n) is 1.05. The molecule has 1 aromatic carbocycles. The second kappa shape index (κ2) is 4.91. The predicted octanol–water partition coefficient (Wildman–Crippen LogP) is 2.14. The quantitative estimate of drug-likeness (QED) is 0.590. The molecule has 0 aromatic heterocycles. The fourth-order valence-corrected chi connectivity index (χ4v) is 1.05. The van der Waals surface area contributed by atoms with E-state index in [0.717, 1.165) is 5.69 Å².